The van der Waals surface area contributed by atoms with E-state index in [4.69, 9.17) is 4.42 Å². The highest BCUT2D eigenvalue weighted by Gasteiger charge is 2.13. The molecule has 124 valence electrons. The summed E-state index contributed by atoms with van der Waals surface area (Å²) in [7, 11) is 0. The van der Waals surface area contributed by atoms with Gasteiger partial charge in [-0.1, -0.05) is 36.0 Å². The number of thiophene rings is 1. The molecule has 5 heteroatoms. The monoisotopic (exact) mass is 365 g/mol. The first-order valence-electron chi connectivity index (χ1n) is 7.85. The topological polar surface area (TPSA) is 42.2 Å². The minimum Gasteiger partial charge on any atom is -0.467 e. The smallest absolute Gasteiger partial charge is 0.261 e. The number of hydrogen-bond acceptors (Lipinski definition) is 4. The van der Waals surface area contributed by atoms with Crippen molar-refractivity contribution in [2.24, 2.45) is 0 Å². The van der Waals surface area contributed by atoms with E-state index in [2.05, 4.69) is 29.6 Å². The van der Waals surface area contributed by atoms with Crippen LogP contribution < -0.4 is 5.32 Å². The zero-order chi connectivity index (χ0) is 17.1. The SMILES string of the molecule is O=C(NCc1ccco1)c1cc2c(Sc3ccccc3)cccc2s1. The molecule has 1 N–H and O–H groups in total. The lowest BCUT2D eigenvalue weighted by Crippen LogP contribution is -2.21. The third kappa shape index (κ3) is 3.62. The first kappa shape index (κ1) is 16.0. The Morgan fingerprint density at radius 3 is 2.72 bits per heavy atom. The summed E-state index contributed by atoms with van der Waals surface area (Å²) in [6.07, 6.45) is 1.61. The second-order valence-corrected chi connectivity index (χ2v) is 7.65. The molecule has 0 atom stereocenters. The fraction of sp³-hybridized carbons (Fsp3) is 0.0500. The third-order valence-electron chi connectivity index (χ3n) is 3.72. The van der Waals surface area contributed by atoms with Crippen molar-refractivity contribution in [3.63, 3.8) is 0 Å². The Balaban J connectivity index is 1.57. The second-order valence-electron chi connectivity index (χ2n) is 5.46. The Morgan fingerprint density at radius 1 is 1.04 bits per heavy atom. The van der Waals surface area contributed by atoms with Gasteiger partial charge in [-0.2, -0.15) is 0 Å². The van der Waals surface area contributed by atoms with Crippen molar-refractivity contribution >= 4 is 39.1 Å². The van der Waals surface area contributed by atoms with Crippen molar-refractivity contribution in [3.8, 4) is 0 Å². The molecule has 0 aliphatic heterocycles. The van der Waals surface area contributed by atoms with Crippen LogP contribution in [0.1, 0.15) is 15.4 Å². The molecule has 0 bridgehead atoms. The lowest BCUT2D eigenvalue weighted by molar-refractivity contribution is 0.0952. The average molecular weight is 365 g/mol. The van der Waals surface area contributed by atoms with E-state index in [1.807, 2.05) is 42.5 Å². The molecule has 3 nitrogen and oxygen atoms in total. The van der Waals surface area contributed by atoms with Crippen molar-refractivity contribution in [2.45, 2.75) is 16.3 Å². The van der Waals surface area contributed by atoms with Gasteiger partial charge < -0.3 is 9.73 Å². The lowest BCUT2D eigenvalue weighted by Gasteiger charge is -2.02. The van der Waals surface area contributed by atoms with Crippen LogP contribution in [0.25, 0.3) is 10.1 Å². The molecule has 25 heavy (non-hydrogen) atoms. The lowest BCUT2D eigenvalue weighted by atomic mass is 10.2. The molecular formula is C20H15NO2S2. The summed E-state index contributed by atoms with van der Waals surface area (Å²) in [4.78, 5) is 15.5. The number of rotatable bonds is 5. The summed E-state index contributed by atoms with van der Waals surface area (Å²) in [6.45, 7) is 0.395. The van der Waals surface area contributed by atoms with E-state index < -0.39 is 0 Å². The molecule has 1 amide bonds. The van der Waals surface area contributed by atoms with E-state index in [-0.39, 0.29) is 5.91 Å². The Morgan fingerprint density at radius 2 is 1.92 bits per heavy atom. The summed E-state index contributed by atoms with van der Waals surface area (Å²) in [5, 5.41) is 4.02. The Hall–Kier alpha value is -2.50. The van der Waals surface area contributed by atoms with Crippen molar-refractivity contribution in [1.29, 1.82) is 0 Å². The number of fused-ring (bicyclic) bond motifs is 1. The summed E-state index contributed by atoms with van der Waals surface area (Å²) >= 11 is 3.22. The maximum absolute atomic E-state index is 12.4. The molecule has 0 aliphatic carbocycles. The Bertz CT molecular complexity index is 991. The van der Waals surface area contributed by atoms with Gasteiger partial charge in [-0.15, -0.1) is 11.3 Å². The van der Waals surface area contributed by atoms with Gasteiger partial charge in [0.2, 0.25) is 0 Å². The molecule has 0 saturated heterocycles. The molecule has 2 aromatic heterocycles. The van der Waals surface area contributed by atoms with Crippen LogP contribution in [0.3, 0.4) is 0 Å². The van der Waals surface area contributed by atoms with Crippen LogP contribution in [0.2, 0.25) is 0 Å². The number of carbonyl (C=O) groups is 1. The van der Waals surface area contributed by atoms with E-state index in [0.717, 1.165) is 20.7 Å². The maximum atomic E-state index is 12.4. The van der Waals surface area contributed by atoms with E-state index in [0.29, 0.717) is 11.4 Å². The van der Waals surface area contributed by atoms with Crippen molar-refractivity contribution in [3.05, 3.63) is 83.6 Å². The van der Waals surface area contributed by atoms with Gasteiger partial charge in [0.25, 0.3) is 5.91 Å². The number of amides is 1. The summed E-state index contributed by atoms with van der Waals surface area (Å²) in [6, 6.07) is 22.1. The average Bonchev–Trinajstić information content (AvgIpc) is 3.30. The van der Waals surface area contributed by atoms with Gasteiger partial charge in [-0.05, 0) is 42.5 Å². The molecule has 0 aliphatic rings. The highest BCUT2D eigenvalue weighted by molar-refractivity contribution is 7.99. The van der Waals surface area contributed by atoms with E-state index in [1.165, 1.54) is 16.2 Å². The minimum absolute atomic E-state index is 0.0757. The molecule has 0 radical (unpaired) electrons. The highest BCUT2D eigenvalue weighted by atomic mass is 32.2. The fourth-order valence-corrected chi connectivity index (χ4v) is 4.56. The number of carbonyl (C=O) groups excluding carboxylic acids is 1. The third-order valence-corrected chi connectivity index (χ3v) is 5.90. The van der Waals surface area contributed by atoms with E-state index in [1.54, 1.807) is 18.0 Å². The molecular weight excluding hydrogens is 350 g/mol. The van der Waals surface area contributed by atoms with Crippen LogP contribution in [0, 0.1) is 0 Å². The normalized spacial score (nSPS) is 10.9. The minimum atomic E-state index is -0.0757. The van der Waals surface area contributed by atoms with Crippen molar-refractivity contribution < 1.29 is 9.21 Å². The summed E-state index contributed by atoms with van der Waals surface area (Å²) < 4.78 is 6.36. The molecule has 0 saturated carbocycles. The molecule has 0 spiro atoms. The van der Waals surface area contributed by atoms with Gasteiger partial charge in [0.05, 0.1) is 17.7 Å². The van der Waals surface area contributed by atoms with Gasteiger partial charge in [-0.25, -0.2) is 0 Å². The van der Waals surface area contributed by atoms with Crippen LogP contribution in [0.5, 0.6) is 0 Å². The molecule has 4 aromatic rings. The number of nitrogens with one attached hydrogen (secondary N) is 1. The standard InChI is InChI=1S/C20H15NO2S2/c22-20(21-13-14-6-5-11-23-14)19-12-16-17(9-4-10-18(16)25-19)24-15-7-2-1-3-8-15/h1-12H,13H2,(H,21,22). The zero-order valence-corrected chi connectivity index (χ0v) is 14.9. The number of benzene rings is 2. The van der Waals surface area contributed by atoms with Crippen LogP contribution in [0.15, 0.2) is 87.2 Å². The number of furan rings is 1. The van der Waals surface area contributed by atoms with E-state index >= 15 is 0 Å². The molecule has 2 heterocycles. The van der Waals surface area contributed by atoms with Crippen LogP contribution in [-0.4, -0.2) is 5.91 Å². The predicted octanol–water partition coefficient (Wildman–Crippen LogP) is 5.58. The van der Waals surface area contributed by atoms with Crippen molar-refractivity contribution in [1.82, 2.24) is 5.32 Å². The first-order valence-corrected chi connectivity index (χ1v) is 9.49. The second kappa shape index (κ2) is 7.17. The van der Waals surface area contributed by atoms with Crippen LogP contribution in [0.4, 0.5) is 0 Å². The van der Waals surface area contributed by atoms with Gasteiger partial charge >= 0.3 is 0 Å². The molecule has 4 rings (SSSR count). The quantitative estimate of drug-likeness (QED) is 0.502. The Kier molecular flexibility index (Phi) is 4.59. The van der Waals surface area contributed by atoms with Crippen LogP contribution >= 0.6 is 23.1 Å². The van der Waals surface area contributed by atoms with Gasteiger partial charge in [0.1, 0.15) is 5.76 Å². The van der Waals surface area contributed by atoms with E-state index in [9.17, 15) is 4.79 Å². The molecule has 0 fully saturated rings. The first-order chi connectivity index (χ1) is 12.3. The van der Waals surface area contributed by atoms with Gasteiger partial charge in [-0.3, -0.25) is 4.79 Å². The number of hydrogen-bond donors (Lipinski definition) is 1. The van der Waals surface area contributed by atoms with Crippen LogP contribution in [-0.2, 0) is 6.54 Å². The largest absolute Gasteiger partial charge is 0.467 e. The Labute approximate surface area is 153 Å². The highest BCUT2D eigenvalue weighted by Crippen LogP contribution is 2.37. The molecule has 0 unspecified atom stereocenters. The van der Waals surface area contributed by atoms with Gasteiger partial charge in [0, 0.05) is 19.9 Å². The van der Waals surface area contributed by atoms with Gasteiger partial charge in [0.15, 0.2) is 0 Å². The zero-order valence-electron chi connectivity index (χ0n) is 13.3. The summed E-state index contributed by atoms with van der Waals surface area (Å²) in [5.74, 6) is 0.669. The maximum Gasteiger partial charge on any atom is 0.261 e. The summed E-state index contributed by atoms with van der Waals surface area (Å²) in [5.41, 5.74) is 0. The molecule has 2 aromatic carbocycles. The predicted molar refractivity (Wildman–Crippen MR) is 102 cm³/mol. The fourth-order valence-electron chi connectivity index (χ4n) is 2.52. The van der Waals surface area contributed by atoms with Crippen molar-refractivity contribution in [2.75, 3.05) is 0 Å².